The molecule has 18 heavy (non-hydrogen) atoms. The van der Waals surface area contributed by atoms with Gasteiger partial charge in [-0.3, -0.25) is 9.20 Å². The van der Waals surface area contributed by atoms with E-state index in [0.29, 0.717) is 31.2 Å². The fourth-order valence-corrected chi connectivity index (χ4v) is 2.50. The van der Waals surface area contributed by atoms with Gasteiger partial charge in [0.1, 0.15) is 5.69 Å². The molecule has 0 aromatic carbocycles. The van der Waals surface area contributed by atoms with Gasteiger partial charge in [0.2, 0.25) is 0 Å². The summed E-state index contributed by atoms with van der Waals surface area (Å²) in [6.07, 6.45) is 2.60. The molecule has 2 rings (SSSR count). The fraction of sp³-hybridized carbons (Fsp3) is 0.455. The van der Waals surface area contributed by atoms with Crippen molar-refractivity contribution in [3.63, 3.8) is 0 Å². The number of ether oxygens (including phenoxy) is 1. The number of thiazole rings is 1. The number of nitrogens with zero attached hydrogens (tertiary/aromatic N) is 3. The number of hydrogen-bond donors (Lipinski definition) is 1. The van der Waals surface area contributed by atoms with Gasteiger partial charge < -0.3 is 14.7 Å². The van der Waals surface area contributed by atoms with Gasteiger partial charge in [0.05, 0.1) is 13.2 Å². The Kier molecular flexibility index (Phi) is 4.29. The molecule has 0 atom stereocenters. The quantitative estimate of drug-likeness (QED) is 0.748. The highest BCUT2D eigenvalue weighted by Crippen LogP contribution is 2.23. The molecule has 2 heterocycles. The number of aliphatic hydroxyl groups excluding tert-OH is 1. The summed E-state index contributed by atoms with van der Waals surface area (Å²) in [6, 6.07) is 0. The van der Waals surface area contributed by atoms with Crippen LogP contribution in [0.25, 0.3) is 4.96 Å². The third-order valence-corrected chi connectivity index (χ3v) is 3.38. The lowest BCUT2D eigenvalue weighted by molar-refractivity contribution is 0.111. The maximum Gasteiger partial charge on any atom is 0.196 e. The largest absolute Gasteiger partial charge is 0.395 e. The zero-order valence-electron chi connectivity index (χ0n) is 10.1. The Morgan fingerprint density at radius 1 is 1.61 bits per heavy atom. The second kappa shape index (κ2) is 5.94. The number of aldehydes is 1. The van der Waals surface area contributed by atoms with Gasteiger partial charge in [-0.15, -0.1) is 11.3 Å². The number of carbonyl (C=O) groups is 1. The Morgan fingerprint density at radius 3 is 3.11 bits per heavy atom. The highest BCUT2D eigenvalue weighted by atomic mass is 32.1. The Hall–Kier alpha value is -1.44. The van der Waals surface area contributed by atoms with Crippen molar-refractivity contribution in [3.05, 3.63) is 17.3 Å². The number of rotatable bonds is 7. The standard InChI is InChI=1S/C11H15N3O3S/c1-17-6-3-13(2-5-15)10-9(8-16)14-4-7-18-11(14)12-10/h4,7-8,15H,2-3,5-6H2,1H3. The molecular formula is C11H15N3O3S. The highest BCUT2D eigenvalue weighted by Gasteiger charge is 2.18. The predicted molar refractivity (Wildman–Crippen MR) is 69.6 cm³/mol. The van der Waals surface area contributed by atoms with E-state index in [1.54, 1.807) is 11.5 Å². The van der Waals surface area contributed by atoms with Crippen molar-refractivity contribution in [2.75, 3.05) is 38.3 Å². The lowest BCUT2D eigenvalue weighted by Crippen LogP contribution is -2.31. The lowest BCUT2D eigenvalue weighted by Gasteiger charge is -2.21. The molecule has 0 saturated heterocycles. The summed E-state index contributed by atoms with van der Waals surface area (Å²) in [6.45, 7) is 1.54. The average Bonchev–Trinajstić information content (AvgIpc) is 2.94. The van der Waals surface area contributed by atoms with Crippen molar-refractivity contribution >= 4 is 28.4 Å². The second-order valence-electron chi connectivity index (χ2n) is 3.70. The minimum atomic E-state index is 0.00713. The van der Waals surface area contributed by atoms with E-state index in [9.17, 15) is 4.79 Å². The van der Waals surface area contributed by atoms with E-state index < -0.39 is 0 Å². The Labute approximate surface area is 108 Å². The van der Waals surface area contributed by atoms with Crippen molar-refractivity contribution in [2.24, 2.45) is 0 Å². The smallest absolute Gasteiger partial charge is 0.196 e. The molecule has 0 unspecified atom stereocenters. The van der Waals surface area contributed by atoms with Crippen LogP contribution in [-0.2, 0) is 4.74 Å². The summed E-state index contributed by atoms with van der Waals surface area (Å²) in [7, 11) is 1.61. The molecule has 0 aliphatic heterocycles. The Bertz CT molecular complexity index is 523. The molecule has 0 saturated carbocycles. The van der Waals surface area contributed by atoms with E-state index in [4.69, 9.17) is 9.84 Å². The maximum absolute atomic E-state index is 11.2. The zero-order chi connectivity index (χ0) is 13.0. The first-order chi connectivity index (χ1) is 8.81. The van der Waals surface area contributed by atoms with Crippen molar-refractivity contribution in [3.8, 4) is 0 Å². The molecule has 0 spiro atoms. The fourth-order valence-electron chi connectivity index (χ4n) is 1.78. The molecule has 98 valence electrons. The van der Waals surface area contributed by atoms with Gasteiger partial charge in [-0.2, -0.15) is 0 Å². The van der Waals surface area contributed by atoms with Crippen LogP contribution in [0, 0.1) is 0 Å². The van der Waals surface area contributed by atoms with Crippen LogP contribution in [0.15, 0.2) is 11.6 Å². The number of aliphatic hydroxyl groups is 1. The van der Waals surface area contributed by atoms with Crippen LogP contribution in [-0.4, -0.2) is 54.2 Å². The number of hydrogen-bond acceptors (Lipinski definition) is 6. The third kappa shape index (κ3) is 2.38. The molecule has 7 heteroatoms. The first-order valence-corrected chi connectivity index (χ1v) is 6.45. The topological polar surface area (TPSA) is 67.1 Å². The number of carbonyl (C=O) groups excluding carboxylic acids is 1. The number of imidazole rings is 1. The molecule has 2 aromatic rings. The average molecular weight is 269 g/mol. The summed E-state index contributed by atoms with van der Waals surface area (Å²) >= 11 is 1.47. The first kappa shape index (κ1) is 13.0. The van der Waals surface area contributed by atoms with Gasteiger partial charge >= 0.3 is 0 Å². The lowest BCUT2D eigenvalue weighted by atomic mass is 10.4. The summed E-state index contributed by atoms with van der Waals surface area (Å²) in [5.74, 6) is 0.600. The van der Waals surface area contributed by atoms with Crippen molar-refractivity contribution in [1.82, 2.24) is 9.38 Å². The predicted octanol–water partition coefficient (Wildman–Crippen LogP) is 0.653. The van der Waals surface area contributed by atoms with Crippen LogP contribution < -0.4 is 4.90 Å². The molecule has 0 radical (unpaired) electrons. The van der Waals surface area contributed by atoms with E-state index >= 15 is 0 Å². The molecule has 0 bridgehead atoms. The maximum atomic E-state index is 11.2. The van der Waals surface area contributed by atoms with Crippen LogP contribution in [0.2, 0.25) is 0 Å². The molecule has 6 nitrogen and oxygen atoms in total. The van der Waals surface area contributed by atoms with E-state index in [-0.39, 0.29) is 6.61 Å². The second-order valence-corrected chi connectivity index (χ2v) is 4.57. The third-order valence-electron chi connectivity index (χ3n) is 2.63. The monoisotopic (exact) mass is 269 g/mol. The Balaban J connectivity index is 2.35. The SMILES string of the molecule is COCCN(CCO)c1nc2sccn2c1C=O. The number of methoxy groups -OCH3 is 1. The van der Waals surface area contributed by atoms with Crippen LogP contribution in [0.5, 0.6) is 0 Å². The summed E-state index contributed by atoms with van der Waals surface area (Å²) in [5.41, 5.74) is 0.510. The number of anilines is 1. The first-order valence-electron chi connectivity index (χ1n) is 5.57. The molecule has 2 aromatic heterocycles. The minimum absolute atomic E-state index is 0.00713. The summed E-state index contributed by atoms with van der Waals surface area (Å²) < 4.78 is 6.78. The van der Waals surface area contributed by atoms with Gasteiger partial charge in [-0.25, -0.2) is 4.98 Å². The van der Waals surface area contributed by atoms with Crippen LogP contribution in [0.3, 0.4) is 0 Å². The van der Waals surface area contributed by atoms with Crippen LogP contribution in [0.4, 0.5) is 5.82 Å². The number of fused-ring (bicyclic) bond motifs is 1. The highest BCUT2D eigenvalue weighted by molar-refractivity contribution is 7.15. The van der Waals surface area contributed by atoms with Gasteiger partial charge in [-0.05, 0) is 0 Å². The van der Waals surface area contributed by atoms with Crippen molar-refractivity contribution in [1.29, 1.82) is 0 Å². The van der Waals surface area contributed by atoms with Gasteiger partial charge in [0, 0.05) is 31.8 Å². The Morgan fingerprint density at radius 2 is 2.44 bits per heavy atom. The summed E-state index contributed by atoms with van der Waals surface area (Å²) in [5, 5.41) is 11.0. The van der Waals surface area contributed by atoms with Crippen molar-refractivity contribution < 1.29 is 14.6 Å². The zero-order valence-corrected chi connectivity index (χ0v) is 10.9. The normalized spacial score (nSPS) is 11.0. The van der Waals surface area contributed by atoms with Crippen molar-refractivity contribution in [2.45, 2.75) is 0 Å². The van der Waals surface area contributed by atoms with Crippen LogP contribution in [0.1, 0.15) is 10.5 Å². The molecule has 0 aliphatic rings. The van der Waals surface area contributed by atoms with E-state index in [2.05, 4.69) is 4.98 Å². The van der Waals surface area contributed by atoms with Gasteiger partial charge in [-0.1, -0.05) is 0 Å². The molecule has 0 aliphatic carbocycles. The minimum Gasteiger partial charge on any atom is -0.395 e. The van der Waals surface area contributed by atoms with E-state index in [1.807, 2.05) is 16.5 Å². The van der Waals surface area contributed by atoms with E-state index in [1.165, 1.54) is 11.3 Å². The number of aromatic nitrogens is 2. The van der Waals surface area contributed by atoms with Crippen LogP contribution >= 0.6 is 11.3 Å². The molecular weight excluding hydrogens is 254 g/mol. The van der Waals surface area contributed by atoms with E-state index in [0.717, 1.165) is 11.2 Å². The summed E-state index contributed by atoms with van der Waals surface area (Å²) in [4.78, 5) is 18.3. The molecule has 1 N–H and O–H groups in total. The molecule has 0 fully saturated rings. The van der Waals surface area contributed by atoms with Gasteiger partial charge in [0.15, 0.2) is 17.1 Å². The molecule has 0 amide bonds. The van der Waals surface area contributed by atoms with Gasteiger partial charge in [0.25, 0.3) is 0 Å².